The van der Waals surface area contributed by atoms with Crippen LogP contribution in [0.4, 0.5) is 4.39 Å². The van der Waals surface area contributed by atoms with E-state index in [1.807, 2.05) is 32.0 Å². The molecule has 0 spiro atoms. The van der Waals surface area contributed by atoms with E-state index in [4.69, 9.17) is 9.26 Å². The molecule has 0 radical (unpaired) electrons. The highest BCUT2D eigenvalue weighted by molar-refractivity contribution is 6.07. The normalized spacial score (nSPS) is 10.8. The van der Waals surface area contributed by atoms with E-state index in [2.05, 4.69) is 21.0 Å². The van der Waals surface area contributed by atoms with Gasteiger partial charge in [-0.05, 0) is 74.4 Å². The molecule has 0 fully saturated rings. The Morgan fingerprint density at radius 2 is 1.70 bits per heavy atom. The number of pyridine rings is 1. The smallest absolute Gasteiger partial charge is 0.276 e. The Labute approximate surface area is 188 Å². The summed E-state index contributed by atoms with van der Waals surface area (Å²) in [6.07, 6.45) is 0. The predicted octanol–water partition coefficient (Wildman–Crippen LogP) is 3.79. The van der Waals surface area contributed by atoms with Crippen LogP contribution in [-0.2, 0) is 4.79 Å². The van der Waals surface area contributed by atoms with Gasteiger partial charge in [0, 0.05) is 5.56 Å². The van der Waals surface area contributed by atoms with Crippen molar-refractivity contribution in [3.8, 4) is 17.0 Å². The fraction of sp³-hybridized carbons (Fsp3) is 0.167. The second-order valence-electron chi connectivity index (χ2n) is 7.62. The van der Waals surface area contributed by atoms with Crippen molar-refractivity contribution in [2.45, 2.75) is 20.8 Å². The monoisotopic (exact) mass is 448 g/mol. The maximum atomic E-state index is 13.3. The van der Waals surface area contributed by atoms with Crippen molar-refractivity contribution in [3.63, 3.8) is 0 Å². The summed E-state index contributed by atoms with van der Waals surface area (Å²) < 4.78 is 24.0. The quantitative estimate of drug-likeness (QED) is 0.450. The summed E-state index contributed by atoms with van der Waals surface area (Å²) in [7, 11) is 0. The van der Waals surface area contributed by atoms with Crippen LogP contribution in [0.5, 0.6) is 5.75 Å². The molecule has 4 rings (SSSR count). The number of carbonyl (C=O) groups excluding carboxylic acids is 2. The molecule has 33 heavy (non-hydrogen) atoms. The molecule has 2 heterocycles. The van der Waals surface area contributed by atoms with Crippen LogP contribution in [0.1, 0.15) is 27.2 Å². The van der Waals surface area contributed by atoms with Crippen LogP contribution in [0.3, 0.4) is 0 Å². The lowest BCUT2D eigenvalue weighted by atomic mass is 10.1. The molecule has 168 valence electrons. The number of aryl methyl sites for hydroxylation is 3. The summed E-state index contributed by atoms with van der Waals surface area (Å²) in [6, 6.07) is 12.8. The van der Waals surface area contributed by atoms with E-state index >= 15 is 0 Å². The first-order valence-electron chi connectivity index (χ1n) is 10.1. The van der Waals surface area contributed by atoms with E-state index in [0.717, 1.165) is 11.1 Å². The minimum atomic E-state index is -0.586. The summed E-state index contributed by atoms with van der Waals surface area (Å²) in [4.78, 5) is 29.5. The molecule has 2 amide bonds. The number of ether oxygens (including phenoxy) is 1. The number of carbonyl (C=O) groups is 2. The lowest BCUT2D eigenvalue weighted by Gasteiger charge is -2.11. The Kier molecular flexibility index (Phi) is 6.03. The van der Waals surface area contributed by atoms with Crippen molar-refractivity contribution >= 4 is 22.9 Å². The first kappa shape index (κ1) is 21.9. The number of nitrogens with one attached hydrogen (secondary N) is 2. The van der Waals surface area contributed by atoms with E-state index in [9.17, 15) is 14.0 Å². The Morgan fingerprint density at radius 3 is 2.39 bits per heavy atom. The Bertz CT molecular complexity index is 1330. The highest BCUT2D eigenvalue weighted by atomic mass is 19.1. The van der Waals surface area contributed by atoms with Gasteiger partial charge in [0.1, 0.15) is 11.6 Å². The van der Waals surface area contributed by atoms with Gasteiger partial charge >= 0.3 is 0 Å². The van der Waals surface area contributed by atoms with Crippen molar-refractivity contribution in [2.24, 2.45) is 0 Å². The van der Waals surface area contributed by atoms with E-state index < -0.39 is 11.8 Å². The average molecular weight is 448 g/mol. The molecule has 0 aliphatic heterocycles. The molecule has 0 aliphatic rings. The number of hydrogen-bond donors (Lipinski definition) is 2. The molecule has 0 atom stereocenters. The van der Waals surface area contributed by atoms with Crippen molar-refractivity contribution in [3.05, 3.63) is 76.7 Å². The van der Waals surface area contributed by atoms with Gasteiger partial charge in [-0.3, -0.25) is 20.4 Å². The summed E-state index contributed by atoms with van der Waals surface area (Å²) in [5, 5.41) is 4.29. The average Bonchev–Trinajstić information content (AvgIpc) is 3.16. The van der Waals surface area contributed by atoms with E-state index in [-0.39, 0.29) is 23.7 Å². The third-order valence-corrected chi connectivity index (χ3v) is 4.88. The van der Waals surface area contributed by atoms with Crippen LogP contribution in [-0.4, -0.2) is 28.6 Å². The van der Waals surface area contributed by atoms with Crippen LogP contribution >= 0.6 is 0 Å². The summed E-state index contributed by atoms with van der Waals surface area (Å²) in [5.74, 6) is -0.946. The van der Waals surface area contributed by atoms with Gasteiger partial charge in [0.2, 0.25) is 0 Å². The minimum Gasteiger partial charge on any atom is -0.484 e. The molecule has 9 heteroatoms. The topological polar surface area (TPSA) is 106 Å². The lowest BCUT2D eigenvalue weighted by molar-refractivity contribution is -0.123. The number of benzene rings is 2. The van der Waals surface area contributed by atoms with E-state index in [1.165, 1.54) is 18.2 Å². The molecular formula is C24H21FN4O4. The fourth-order valence-electron chi connectivity index (χ4n) is 3.44. The van der Waals surface area contributed by atoms with Crippen molar-refractivity contribution in [1.82, 2.24) is 21.0 Å². The molecule has 4 aromatic rings. The highest BCUT2D eigenvalue weighted by Crippen LogP contribution is 2.27. The zero-order valence-corrected chi connectivity index (χ0v) is 18.2. The molecule has 0 aliphatic carbocycles. The molecule has 2 aromatic carbocycles. The SMILES string of the molecule is Cc1cc(C)cc(OCC(=O)NNC(=O)c2cc(-c3ccc(F)cc3)nc3onc(C)c23)c1. The molecular weight excluding hydrogens is 427 g/mol. The number of fused-ring (bicyclic) bond motifs is 1. The van der Waals surface area contributed by atoms with Crippen molar-refractivity contribution in [2.75, 3.05) is 6.61 Å². The number of aromatic nitrogens is 2. The summed E-state index contributed by atoms with van der Waals surface area (Å²) in [6.45, 7) is 5.27. The molecule has 8 nitrogen and oxygen atoms in total. The molecule has 0 bridgehead atoms. The highest BCUT2D eigenvalue weighted by Gasteiger charge is 2.20. The number of halogens is 1. The van der Waals surface area contributed by atoms with E-state index in [1.54, 1.807) is 19.1 Å². The van der Waals surface area contributed by atoms with Crippen LogP contribution in [0.2, 0.25) is 0 Å². The summed E-state index contributed by atoms with van der Waals surface area (Å²) in [5.41, 5.74) is 8.56. The van der Waals surface area contributed by atoms with Gasteiger partial charge in [0.05, 0.1) is 22.3 Å². The molecule has 2 aromatic heterocycles. The number of amides is 2. The largest absolute Gasteiger partial charge is 0.484 e. The fourth-order valence-corrected chi connectivity index (χ4v) is 3.44. The Balaban J connectivity index is 1.49. The van der Waals surface area contributed by atoms with Gasteiger partial charge in [-0.25, -0.2) is 9.37 Å². The molecule has 0 saturated heterocycles. The minimum absolute atomic E-state index is 0.156. The maximum Gasteiger partial charge on any atom is 0.276 e. The Hall–Kier alpha value is -4.27. The standard InChI is InChI=1S/C24H21FN4O4/c1-13-8-14(2)10-18(9-13)32-12-21(30)27-28-23(31)19-11-20(16-4-6-17(25)7-5-16)26-24-22(19)15(3)29-33-24/h4-11H,12H2,1-3H3,(H,27,30)(H,28,31). The zero-order valence-electron chi connectivity index (χ0n) is 18.2. The third-order valence-electron chi connectivity index (χ3n) is 4.88. The number of rotatable bonds is 5. The predicted molar refractivity (Wildman–Crippen MR) is 119 cm³/mol. The molecule has 0 unspecified atom stereocenters. The van der Waals surface area contributed by atoms with Gasteiger partial charge in [0.15, 0.2) is 6.61 Å². The molecule has 0 saturated carbocycles. The maximum absolute atomic E-state index is 13.3. The van der Waals surface area contributed by atoms with Crippen molar-refractivity contribution in [1.29, 1.82) is 0 Å². The second-order valence-corrected chi connectivity index (χ2v) is 7.62. The van der Waals surface area contributed by atoms with Crippen LogP contribution in [0.15, 0.2) is 53.1 Å². The number of nitrogens with zero attached hydrogens (tertiary/aromatic N) is 2. The van der Waals surface area contributed by atoms with Crippen LogP contribution < -0.4 is 15.6 Å². The summed E-state index contributed by atoms with van der Waals surface area (Å²) >= 11 is 0. The number of hydrazine groups is 1. The van der Waals surface area contributed by atoms with Gasteiger partial charge in [-0.1, -0.05) is 11.2 Å². The molecule has 2 N–H and O–H groups in total. The first-order chi connectivity index (χ1) is 15.8. The third kappa shape index (κ3) is 4.98. The zero-order chi connectivity index (χ0) is 23.5. The lowest BCUT2D eigenvalue weighted by Crippen LogP contribution is -2.43. The van der Waals surface area contributed by atoms with Crippen molar-refractivity contribution < 1.29 is 23.2 Å². The van der Waals surface area contributed by atoms with E-state index in [0.29, 0.717) is 28.1 Å². The van der Waals surface area contributed by atoms with Crippen LogP contribution in [0, 0.1) is 26.6 Å². The van der Waals surface area contributed by atoms with Gasteiger partial charge < -0.3 is 9.26 Å². The number of hydrogen-bond acceptors (Lipinski definition) is 6. The Morgan fingerprint density at radius 1 is 1.00 bits per heavy atom. The van der Waals surface area contributed by atoms with Crippen LogP contribution in [0.25, 0.3) is 22.4 Å². The van der Waals surface area contributed by atoms with Gasteiger partial charge in [-0.2, -0.15) is 0 Å². The first-order valence-corrected chi connectivity index (χ1v) is 10.1. The van der Waals surface area contributed by atoms with Gasteiger partial charge in [-0.15, -0.1) is 0 Å². The van der Waals surface area contributed by atoms with Gasteiger partial charge in [0.25, 0.3) is 17.5 Å². The second kappa shape index (κ2) is 9.07.